The van der Waals surface area contributed by atoms with E-state index in [0.29, 0.717) is 17.8 Å². The molecule has 5 heteroatoms. The molecule has 3 N–H and O–H groups in total. The predicted molar refractivity (Wildman–Crippen MR) is 85.7 cm³/mol. The van der Waals surface area contributed by atoms with Gasteiger partial charge < -0.3 is 16.0 Å². The van der Waals surface area contributed by atoms with Crippen LogP contribution in [0.5, 0.6) is 0 Å². The van der Waals surface area contributed by atoms with E-state index in [-0.39, 0.29) is 5.91 Å². The van der Waals surface area contributed by atoms with Crippen molar-refractivity contribution < 1.29 is 4.79 Å². The number of hydrogen-bond acceptors (Lipinski definition) is 4. The highest BCUT2D eigenvalue weighted by Crippen LogP contribution is 2.21. The van der Waals surface area contributed by atoms with Gasteiger partial charge in [0.1, 0.15) is 0 Å². The van der Waals surface area contributed by atoms with Crippen molar-refractivity contribution in [1.82, 2.24) is 4.98 Å². The van der Waals surface area contributed by atoms with Crippen LogP contribution in [0.15, 0.2) is 42.6 Å². The van der Waals surface area contributed by atoms with Crippen molar-refractivity contribution in [1.29, 1.82) is 0 Å². The summed E-state index contributed by atoms with van der Waals surface area (Å²) in [4.78, 5) is 18.4. The molecule has 2 aromatic rings. The molecule has 0 aliphatic heterocycles. The number of nitrogens with two attached hydrogens (primary N) is 1. The van der Waals surface area contributed by atoms with E-state index in [9.17, 15) is 4.79 Å². The number of hydrogen-bond donors (Lipinski definition) is 2. The van der Waals surface area contributed by atoms with Gasteiger partial charge in [-0.05, 0) is 42.8 Å². The van der Waals surface area contributed by atoms with Gasteiger partial charge in [0.2, 0.25) is 0 Å². The first-order valence-corrected chi connectivity index (χ1v) is 6.84. The van der Waals surface area contributed by atoms with Crippen molar-refractivity contribution in [3.8, 4) is 0 Å². The van der Waals surface area contributed by atoms with Gasteiger partial charge in [-0.1, -0.05) is 12.1 Å². The van der Waals surface area contributed by atoms with Crippen LogP contribution in [0.4, 0.5) is 11.5 Å². The molecule has 21 heavy (non-hydrogen) atoms. The molecule has 0 saturated heterocycles. The summed E-state index contributed by atoms with van der Waals surface area (Å²) < 4.78 is 0. The third-order valence-corrected chi connectivity index (χ3v) is 3.11. The second kappa shape index (κ2) is 6.85. The summed E-state index contributed by atoms with van der Waals surface area (Å²) >= 11 is 0. The highest BCUT2D eigenvalue weighted by Gasteiger charge is 2.10. The summed E-state index contributed by atoms with van der Waals surface area (Å²) in [5.41, 5.74) is 7.95. The molecule has 0 aliphatic carbocycles. The number of aromatic nitrogens is 1. The van der Waals surface area contributed by atoms with E-state index >= 15 is 0 Å². The maximum atomic E-state index is 12.3. The minimum Gasteiger partial charge on any atom is -0.361 e. The van der Waals surface area contributed by atoms with E-state index in [1.807, 2.05) is 49.3 Å². The molecule has 0 atom stereocenters. The van der Waals surface area contributed by atoms with E-state index in [2.05, 4.69) is 10.3 Å². The van der Waals surface area contributed by atoms with Crippen LogP contribution in [0, 0.1) is 0 Å². The minimum atomic E-state index is -0.148. The zero-order valence-electron chi connectivity index (χ0n) is 12.3. The monoisotopic (exact) mass is 284 g/mol. The molecule has 1 aromatic carbocycles. The Labute approximate surface area is 124 Å². The number of nitrogens with one attached hydrogen (secondary N) is 1. The lowest BCUT2D eigenvalue weighted by atomic mass is 10.1. The molecule has 0 saturated carbocycles. The lowest BCUT2D eigenvalue weighted by Crippen LogP contribution is -2.17. The van der Waals surface area contributed by atoms with Crippen LogP contribution in [0.25, 0.3) is 0 Å². The average molecular weight is 284 g/mol. The Morgan fingerprint density at radius 2 is 1.95 bits per heavy atom. The van der Waals surface area contributed by atoms with Crippen LogP contribution in [-0.4, -0.2) is 31.5 Å². The largest absolute Gasteiger partial charge is 0.361 e. The second-order valence-electron chi connectivity index (χ2n) is 4.96. The summed E-state index contributed by atoms with van der Waals surface area (Å²) in [6.07, 6.45) is 2.52. The quantitative estimate of drug-likeness (QED) is 0.879. The standard InChI is InChI=1S/C16H20N4O/c1-20(2)15-14(4-3-11-18-15)19-16(21)13-7-5-12(6-8-13)9-10-17/h3-8,11H,9-10,17H2,1-2H3,(H,19,21). The highest BCUT2D eigenvalue weighted by molar-refractivity contribution is 6.05. The SMILES string of the molecule is CN(C)c1ncccc1NC(=O)c1ccc(CCN)cc1. The fourth-order valence-electron chi connectivity index (χ4n) is 2.03. The van der Waals surface area contributed by atoms with Crippen LogP contribution in [-0.2, 0) is 6.42 Å². The van der Waals surface area contributed by atoms with Crippen molar-refractivity contribution in [2.24, 2.45) is 5.73 Å². The van der Waals surface area contributed by atoms with Crippen molar-refractivity contribution >= 4 is 17.4 Å². The van der Waals surface area contributed by atoms with Gasteiger partial charge in [-0.25, -0.2) is 4.98 Å². The Bertz CT molecular complexity index is 608. The van der Waals surface area contributed by atoms with Crippen LogP contribution in [0.1, 0.15) is 15.9 Å². The molecular weight excluding hydrogens is 264 g/mol. The first-order valence-electron chi connectivity index (χ1n) is 6.84. The van der Waals surface area contributed by atoms with Gasteiger partial charge in [-0.2, -0.15) is 0 Å². The number of anilines is 2. The Kier molecular flexibility index (Phi) is 4.90. The molecule has 1 aromatic heterocycles. The molecule has 1 amide bonds. The molecule has 0 bridgehead atoms. The zero-order chi connectivity index (χ0) is 15.2. The first kappa shape index (κ1) is 15.0. The third-order valence-electron chi connectivity index (χ3n) is 3.11. The van der Waals surface area contributed by atoms with Gasteiger partial charge in [0.15, 0.2) is 5.82 Å². The number of benzene rings is 1. The van der Waals surface area contributed by atoms with E-state index in [4.69, 9.17) is 5.73 Å². The summed E-state index contributed by atoms with van der Waals surface area (Å²) in [5, 5.41) is 2.89. The van der Waals surface area contributed by atoms with Gasteiger partial charge in [0.05, 0.1) is 5.69 Å². The van der Waals surface area contributed by atoms with E-state index in [1.54, 1.807) is 12.3 Å². The molecule has 1 heterocycles. The highest BCUT2D eigenvalue weighted by atomic mass is 16.1. The van der Waals surface area contributed by atoms with Crippen molar-refractivity contribution in [3.05, 3.63) is 53.7 Å². The lowest BCUT2D eigenvalue weighted by molar-refractivity contribution is 0.102. The molecule has 0 spiro atoms. The van der Waals surface area contributed by atoms with Gasteiger partial charge in [-0.15, -0.1) is 0 Å². The molecule has 110 valence electrons. The second-order valence-corrected chi connectivity index (χ2v) is 4.96. The summed E-state index contributed by atoms with van der Waals surface area (Å²) in [5.74, 6) is 0.580. The fraction of sp³-hybridized carbons (Fsp3) is 0.250. The van der Waals surface area contributed by atoms with Crippen LogP contribution in [0.3, 0.4) is 0 Å². The van der Waals surface area contributed by atoms with Gasteiger partial charge in [0.25, 0.3) is 5.91 Å². The van der Waals surface area contributed by atoms with E-state index < -0.39 is 0 Å². The Hall–Kier alpha value is -2.40. The third kappa shape index (κ3) is 3.79. The maximum Gasteiger partial charge on any atom is 0.255 e. The predicted octanol–water partition coefficient (Wildman–Crippen LogP) is 1.90. The number of amides is 1. The summed E-state index contributed by atoms with van der Waals surface area (Å²) in [6.45, 7) is 0.605. The Balaban J connectivity index is 2.14. The smallest absolute Gasteiger partial charge is 0.255 e. The lowest BCUT2D eigenvalue weighted by Gasteiger charge is -2.16. The maximum absolute atomic E-state index is 12.3. The average Bonchev–Trinajstić information content (AvgIpc) is 2.48. The molecule has 0 aliphatic rings. The number of carbonyl (C=O) groups excluding carboxylic acids is 1. The molecular formula is C16H20N4O. The van der Waals surface area contributed by atoms with Gasteiger partial charge in [0, 0.05) is 25.9 Å². The zero-order valence-corrected chi connectivity index (χ0v) is 12.3. The Morgan fingerprint density at radius 1 is 1.24 bits per heavy atom. The van der Waals surface area contributed by atoms with Crippen molar-refractivity contribution in [3.63, 3.8) is 0 Å². The summed E-state index contributed by atoms with van der Waals surface area (Å²) in [6, 6.07) is 11.1. The normalized spacial score (nSPS) is 10.2. The van der Waals surface area contributed by atoms with E-state index in [1.165, 1.54) is 0 Å². The minimum absolute atomic E-state index is 0.148. The van der Waals surface area contributed by atoms with Crippen LogP contribution >= 0.6 is 0 Å². The number of nitrogens with zero attached hydrogens (tertiary/aromatic N) is 2. The van der Waals surface area contributed by atoms with Crippen molar-refractivity contribution in [2.45, 2.75) is 6.42 Å². The van der Waals surface area contributed by atoms with Gasteiger partial charge >= 0.3 is 0 Å². The number of rotatable bonds is 5. The molecule has 5 nitrogen and oxygen atoms in total. The van der Waals surface area contributed by atoms with Crippen molar-refractivity contribution in [2.75, 3.05) is 30.9 Å². The van der Waals surface area contributed by atoms with E-state index in [0.717, 1.165) is 17.8 Å². The summed E-state index contributed by atoms with van der Waals surface area (Å²) in [7, 11) is 3.78. The van der Waals surface area contributed by atoms with Gasteiger partial charge in [-0.3, -0.25) is 4.79 Å². The molecule has 0 radical (unpaired) electrons. The Morgan fingerprint density at radius 3 is 2.57 bits per heavy atom. The topological polar surface area (TPSA) is 71.2 Å². The fourth-order valence-corrected chi connectivity index (χ4v) is 2.03. The molecule has 0 unspecified atom stereocenters. The number of carbonyl (C=O) groups is 1. The molecule has 0 fully saturated rings. The van der Waals surface area contributed by atoms with Crippen LogP contribution < -0.4 is 16.0 Å². The first-order chi connectivity index (χ1) is 10.1. The van der Waals surface area contributed by atoms with Crippen LogP contribution in [0.2, 0.25) is 0 Å². The number of pyridine rings is 1. The molecule has 2 rings (SSSR count).